The fourth-order valence-corrected chi connectivity index (χ4v) is 2.50. The summed E-state index contributed by atoms with van der Waals surface area (Å²) in [6.45, 7) is 1.98. The van der Waals surface area contributed by atoms with Crippen LogP contribution < -0.4 is 10.1 Å². The molecule has 116 valence electrons. The van der Waals surface area contributed by atoms with E-state index in [4.69, 9.17) is 27.9 Å². The molecule has 2 aromatic rings. The van der Waals surface area contributed by atoms with Crippen molar-refractivity contribution in [3.63, 3.8) is 0 Å². The largest absolute Gasteiger partial charge is 0.496 e. The molecule has 0 aliphatic carbocycles. The molecule has 0 spiro atoms. The molecule has 0 fully saturated rings. The Labute approximate surface area is 140 Å². The molecule has 0 atom stereocenters. The predicted molar refractivity (Wildman–Crippen MR) is 91.1 cm³/mol. The molecule has 0 aromatic heterocycles. The average Bonchev–Trinajstić information content (AvgIpc) is 2.49. The van der Waals surface area contributed by atoms with Crippen LogP contribution in [0.3, 0.4) is 0 Å². The molecule has 0 heterocycles. The maximum Gasteiger partial charge on any atom is 0.224 e. The van der Waals surface area contributed by atoms with Crippen LogP contribution in [0.4, 0.5) is 5.69 Å². The Bertz CT molecular complexity index is 686. The lowest BCUT2D eigenvalue weighted by Gasteiger charge is -2.09. The lowest BCUT2D eigenvalue weighted by Crippen LogP contribution is -2.12. The number of benzene rings is 2. The number of hydrogen-bond donors (Lipinski definition) is 1. The van der Waals surface area contributed by atoms with E-state index in [9.17, 15) is 4.79 Å². The van der Waals surface area contributed by atoms with Gasteiger partial charge in [0.05, 0.1) is 17.8 Å². The summed E-state index contributed by atoms with van der Waals surface area (Å²) >= 11 is 11.9. The lowest BCUT2D eigenvalue weighted by atomic mass is 10.1. The number of carbonyl (C=O) groups excluding carboxylic acids is 1. The van der Waals surface area contributed by atoms with Gasteiger partial charge >= 0.3 is 0 Å². The SMILES string of the molecule is COc1ccc(CCC(=O)Nc2cc(Cl)ccc2Cl)cc1C. The fourth-order valence-electron chi connectivity index (χ4n) is 2.16. The van der Waals surface area contributed by atoms with E-state index in [0.717, 1.165) is 16.9 Å². The molecule has 0 aliphatic heterocycles. The maximum atomic E-state index is 12.0. The number of hydrogen-bond acceptors (Lipinski definition) is 2. The first-order valence-electron chi connectivity index (χ1n) is 6.88. The van der Waals surface area contributed by atoms with Gasteiger partial charge in [0.1, 0.15) is 5.75 Å². The molecule has 3 nitrogen and oxygen atoms in total. The molecule has 0 bridgehead atoms. The molecule has 0 aliphatic rings. The minimum absolute atomic E-state index is 0.0994. The number of methoxy groups -OCH3 is 1. The first-order valence-corrected chi connectivity index (χ1v) is 7.63. The number of carbonyl (C=O) groups is 1. The van der Waals surface area contributed by atoms with Crippen molar-refractivity contribution in [2.75, 3.05) is 12.4 Å². The van der Waals surface area contributed by atoms with Crippen LogP contribution in [-0.2, 0) is 11.2 Å². The normalized spacial score (nSPS) is 10.4. The van der Waals surface area contributed by atoms with Gasteiger partial charge in [-0.1, -0.05) is 35.3 Å². The molecule has 5 heteroatoms. The van der Waals surface area contributed by atoms with Crippen molar-refractivity contribution < 1.29 is 9.53 Å². The van der Waals surface area contributed by atoms with E-state index in [1.807, 2.05) is 25.1 Å². The van der Waals surface area contributed by atoms with Crippen molar-refractivity contribution in [1.29, 1.82) is 0 Å². The highest BCUT2D eigenvalue weighted by atomic mass is 35.5. The molecular weight excluding hydrogens is 321 g/mol. The zero-order chi connectivity index (χ0) is 16.1. The Hall–Kier alpha value is -1.71. The van der Waals surface area contributed by atoms with Gasteiger partial charge in [0.2, 0.25) is 5.91 Å². The van der Waals surface area contributed by atoms with E-state index in [1.165, 1.54) is 0 Å². The molecule has 1 amide bonds. The summed E-state index contributed by atoms with van der Waals surface area (Å²) < 4.78 is 5.22. The molecule has 0 radical (unpaired) electrons. The number of amides is 1. The minimum Gasteiger partial charge on any atom is -0.496 e. The van der Waals surface area contributed by atoms with E-state index in [-0.39, 0.29) is 5.91 Å². The Morgan fingerprint density at radius 1 is 1.18 bits per heavy atom. The van der Waals surface area contributed by atoms with Crippen LogP contribution in [0.15, 0.2) is 36.4 Å². The Balaban J connectivity index is 1.95. The maximum absolute atomic E-state index is 12.0. The second-order valence-electron chi connectivity index (χ2n) is 4.98. The molecule has 22 heavy (non-hydrogen) atoms. The van der Waals surface area contributed by atoms with Gasteiger partial charge in [-0.15, -0.1) is 0 Å². The van der Waals surface area contributed by atoms with Crippen LogP contribution in [-0.4, -0.2) is 13.0 Å². The number of anilines is 1. The topological polar surface area (TPSA) is 38.3 Å². The number of aryl methyl sites for hydroxylation is 2. The summed E-state index contributed by atoms with van der Waals surface area (Å²) in [7, 11) is 1.64. The van der Waals surface area contributed by atoms with E-state index in [2.05, 4.69) is 5.32 Å². The quantitative estimate of drug-likeness (QED) is 0.844. The summed E-state index contributed by atoms with van der Waals surface area (Å²) in [5.41, 5.74) is 2.68. The molecule has 1 N–H and O–H groups in total. The van der Waals surface area contributed by atoms with Crippen molar-refractivity contribution in [3.05, 3.63) is 57.6 Å². The van der Waals surface area contributed by atoms with Gasteiger partial charge in [-0.05, 0) is 48.7 Å². The van der Waals surface area contributed by atoms with E-state index < -0.39 is 0 Å². The minimum atomic E-state index is -0.0994. The third-order valence-corrected chi connectivity index (χ3v) is 3.87. The highest BCUT2D eigenvalue weighted by molar-refractivity contribution is 6.35. The van der Waals surface area contributed by atoms with Gasteiger partial charge in [-0.3, -0.25) is 4.79 Å². The first kappa shape index (κ1) is 16.7. The van der Waals surface area contributed by atoms with Crippen LogP contribution >= 0.6 is 23.2 Å². The summed E-state index contributed by atoms with van der Waals surface area (Å²) in [4.78, 5) is 12.0. The van der Waals surface area contributed by atoms with Gasteiger partial charge in [0.25, 0.3) is 0 Å². The Morgan fingerprint density at radius 3 is 2.64 bits per heavy atom. The second kappa shape index (κ2) is 7.52. The monoisotopic (exact) mass is 337 g/mol. The summed E-state index contributed by atoms with van der Waals surface area (Å²) in [5, 5.41) is 3.78. The zero-order valence-corrected chi connectivity index (χ0v) is 14.0. The predicted octanol–water partition coefficient (Wildman–Crippen LogP) is 4.88. The molecule has 0 saturated heterocycles. The second-order valence-corrected chi connectivity index (χ2v) is 5.82. The van der Waals surface area contributed by atoms with E-state index >= 15 is 0 Å². The summed E-state index contributed by atoms with van der Waals surface area (Å²) in [6, 6.07) is 10.9. The molecule has 0 saturated carbocycles. The van der Waals surface area contributed by atoms with Gasteiger partial charge < -0.3 is 10.1 Å². The van der Waals surface area contributed by atoms with Crippen molar-refractivity contribution >= 4 is 34.8 Å². The molecule has 2 aromatic carbocycles. The van der Waals surface area contributed by atoms with Crippen LogP contribution in [0.2, 0.25) is 10.0 Å². The Kier molecular flexibility index (Phi) is 5.69. The fraction of sp³-hybridized carbons (Fsp3) is 0.235. The smallest absolute Gasteiger partial charge is 0.224 e. The molecule has 0 unspecified atom stereocenters. The average molecular weight is 338 g/mol. The van der Waals surface area contributed by atoms with Crippen LogP contribution in [0.1, 0.15) is 17.5 Å². The standard InChI is InChI=1S/C17H17Cl2NO2/c1-11-9-12(3-7-16(11)22-2)4-8-17(21)20-15-10-13(18)5-6-14(15)19/h3,5-7,9-10H,4,8H2,1-2H3,(H,20,21). The van der Waals surface area contributed by atoms with Gasteiger partial charge in [-0.2, -0.15) is 0 Å². The van der Waals surface area contributed by atoms with Crippen LogP contribution in [0.25, 0.3) is 0 Å². The zero-order valence-electron chi connectivity index (χ0n) is 12.5. The van der Waals surface area contributed by atoms with Gasteiger partial charge in [0, 0.05) is 11.4 Å². The van der Waals surface area contributed by atoms with Crippen LogP contribution in [0, 0.1) is 6.92 Å². The summed E-state index contributed by atoms with van der Waals surface area (Å²) in [5.74, 6) is 0.747. The molecular formula is C17H17Cl2NO2. The van der Waals surface area contributed by atoms with E-state index in [1.54, 1.807) is 25.3 Å². The number of nitrogens with one attached hydrogen (secondary N) is 1. The number of rotatable bonds is 5. The summed E-state index contributed by atoms with van der Waals surface area (Å²) in [6.07, 6.45) is 1.02. The van der Waals surface area contributed by atoms with Gasteiger partial charge in [-0.25, -0.2) is 0 Å². The van der Waals surface area contributed by atoms with Gasteiger partial charge in [0.15, 0.2) is 0 Å². The van der Waals surface area contributed by atoms with Crippen molar-refractivity contribution in [1.82, 2.24) is 0 Å². The van der Waals surface area contributed by atoms with Crippen molar-refractivity contribution in [2.45, 2.75) is 19.8 Å². The van der Waals surface area contributed by atoms with E-state index in [0.29, 0.717) is 28.6 Å². The third-order valence-electron chi connectivity index (χ3n) is 3.30. The Morgan fingerprint density at radius 2 is 1.95 bits per heavy atom. The third kappa shape index (κ3) is 4.39. The number of halogens is 2. The highest BCUT2D eigenvalue weighted by Crippen LogP contribution is 2.25. The van der Waals surface area contributed by atoms with Crippen LogP contribution in [0.5, 0.6) is 5.75 Å². The first-order chi connectivity index (χ1) is 10.5. The lowest BCUT2D eigenvalue weighted by molar-refractivity contribution is -0.116. The molecule has 2 rings (SSSR count). The van der Waals surface area contributed by atoms with Crippen molar-refractivity contribution in [2.24, 2.45) is 0 Å². The highest BCUT2D eigenvalue weighted by Gasteiger charge is 2.08. The number of ether oxygens (including phenoxy) is 1. The van der Waals surface area contributed by atoms with Crippen molar-refractivity contribution in [3.8, 4) is 5.75 Å².